The minimum Gasteiger partial charge on any atom is -0.447 e. The predicted molar refractivity (Wildman–Crippen MR) is 51.5 cm³/mol. The summed E-state index contributed by atoms with van der Waals surface area (Å²) in [5.74, 6) is -0.0831. The molecule has 1 N–H and O–H groups in total. The van der Waals surface area contributed by atoms with Crippen LogP contribution in [-0.2, 0) is 14.6 Å². The Labute approximate surface area is 83.0 Å². The molecule has 1 amide bonds. The molecule has 0 saturated carbocycles. The summed E-state index contributed by atoms with van der Waals surface area (Å²) in [4.78, 5) is 11.1. The minimum absolute atomic E-state index is 0.0831. The van der Waals surface area contributed by atoms with Crippen LogP contribution in [0.15, 0.2) is 11.5 Å². The van der Waals surface area contributed by atoms with E-state index in [9.17, 15) is 13.2 Å². The van der Waals surface area contributed by atoms with Gasteiger partial charge in [-0.2, -0.15) is 0 Å². The molecule has 14 heavy (non-hydrogen) atoms. The average molecular weight is 219 g/mol. The molecule has 0 aliphatic carbocycles. The molecule has 0 radical (unpaired) electrons. The maximum atomic E-state index is 11.1. The lowest BCUT2D eigenvalue weighted by Gasteiger charge is -2.12. The van der Waals surface area contributed by atoms with Gasteiger partial charge in [-0.05, 0) is 19.9 Å². The van der Waals surface area contributed by atoms with Crippen molar-refractivity contribution < 1.29 is 17.9 Å². The van der Waals surface area contributed by atoms with Gasteiger partial charge in [0.1, 0.15) is 0 Å². The van der Waals surface area contributed by atoms with Crippen LogP contribution in [-0.4, -0.2) is 32.4 Å². The molecule has 0 saturated heterocycles. The minimum atomic E-state index is -3.12. The van der Waals surface area contributed by atoms with Crippen LogP contribution in [0.1, 0.15) is 13.8 Å². The number of carbonyl (C=O) groups excluding carboxylic acids is 1. The monoisotopic (exact) mass is 219 g/mol. The molecule has 1 aliphatic rings. The third-order valence-corrected chi connectivity index (χ3v) is 2.97. The summed E-state index contributed by atoms with van der Waals surface area (Å²) in [7, 11) is -3.12. The Morgan fingerprint density at radius 3 is 2.64 bits per heavy atom. The Kier molecular flexibility index (Phi) is 3.15. The van der Waals surface area contributed by atoms with Crippen molar-refractivity contribution >= 4 is 15.9 Å². The van der Waals surface area contributed by atoms with E-state index in [0.717, 1.165) is 5.41 Å². The summed E-state index contributed by atoms with van der Waals surface area (Å²) in [5, 5.41) is 3.54. The zero-order chi connectivity index (χ0) is 10.8. The summed E-state index contributed by atoms with van der Waals surface area (Å²) in [6.45, 7) is 3.45. The Bertz CT molecular complexity index is 344. The highest BCUT2D eigenvalue weighted by atomic mass is 32.2. The van der Waals surface area contributed by atoms with Crippen LogP contribution < -0.4 is 5.32 Å². The van der Waals surface area contributed by atoms with Crippen molar-refractivity contribution in [1.82, 2.24) is 5.32 Å². The summed E-state index contributed by atoms with van der Waals surface area (Å²) in [6, 6.07) is -0.466. The lowest BCUT2D eigenvalue weighted by molar-refractivity contribution is 0.114. The molecule has 1 aliphatic heterocycles. The number of ether oxygens (including phenoxy) is 1. The highest BCUT2D eigenvalue weighted by Crippen LogP contribution is 2.07. The molecular formula is C8H13NO4S. The SMILES string of the molecule is CC(C)OC(=O)N[C@H]1C=CS(=O)(=O)C1. The molecule has 80 valence electrons. The molecule has 0 spiro atoms. The fourth-order valence-corrected chi connectivity index (χ4v) is 2.30. The van der Waals surface area contributed by atoms with Gasteiger partial charge < -0.3 is 10.1 Å². The van der Waals surface area contributed by atoms with E-state index in [1.165, 1.54) is 6.08 Å². The normalized spacial score (nSPS) is 23.8. The van der Waals surface area contributed by atoms with E-state index in [1.807, 2.05) is 0 Å². The lowest BCUT2D eigenvalue weighted by Crippen LogP contribution is -2.36. The number of hydrogen-bond donors (Lipinski definition) is 1. The molecule has 0 unspecified atom stereocenters. The summed E-state index contributed by atoms with van der Waals surface area (Å²) < 4.78 is 26.7. The second-order valence-corrected chi connectivity index (χ2v) is 5.29. The van der Waals surface area contributed by atoms with E-state index in [0.29, 0.717) is 0 Å². The lowest BCUT2D eigenvalue weighted by atomic mass is 10.3. The fraction of sp³-hybridized carbons (Fsp3) is 0.625. The quantitative estimate of drug-likeness (QED) is 0.731. The van der Waals surface area contributed by atoms with Gasteiger partial charge in [0, 0.05) is 5.41 Å². The molecule has 5 nitrogen and oxygen atoms in total. The van der Waals surface area contributed by atoms with Crippen LogP contribution in [0.3, 0.4) is 0 Å². The van der Waals surface area contributed by atoms with Gasteiger partial charge in [0.15, 0.2) is 9.84 Å². The Balaban J connectivity index is 2.41. The number of alkyl carbamates (subject to hydrolysis) is 1. The Morgan fingerprint density at radius 1 is 1.57 bits per heavy atom. The van der Waals surface area contributed by atoms with Crippen molar-refractivity contribution in [3.05, 3.63) is 11.5 Å². The second kappa shape index (κ2) is 4.00. The molecule has 0 bridgehead atoms. The summed E-state index contributed by atoms with van der Waals surface area (Å²) >= 11 is 0. The largest absolute Gasteiger partial charge is 0.447 e. The molecule has 0 aromatic rings. The first kappa shape index (κ1) is 11.0. The number of hydrogen-bond acceptors (Lipinski definition) is 4. The molecule has 1 atom stereocenters. The van der Waals surface area contributed by atoms with E-state index in [1.54, 1.807) is 13.8 Å². The van der Waals surface area contributed by atoms with E-state index in [2.05, 4.69) is 5.32 Å². The van der Waals surface area contributed by atoms with Crippen LogP contribution in [0.5, 0.6) is 0 Å². The smallest absolute Gasteiger partial charge is 0.407 e. The Morgan fingerprint density at radius 2 is 2.21 bits per heavy atom. The maximum absolute atomic E-state index is 11.1. The number of nitrogens with one attached hydrogen (secondary N) is 1. The molecular weight excluding hydrogens is 206 g/mol. The molecule has 1 heterocycles. The third kappa shape index (κ3) is 3.37. The zero-order valence-corrected chi connectivity index (χ0v) is 8.87. The number of carbonyl (C=O) groups is 1. The van der Waals surface area contributed by atoms with Crippen LogP contribution in [0, 0.1) is 0 Å². The van der Waals surface area contributed by atoms with E-state index >= 15 is 0 Å². The molecule has 0 aromatic carbocycles. The summed E-state index contributed by atoms with van der Waals surface area (Å²) in [5.41, 5.74) is 0. The third-order valence-electron chi connectivity index (χ3n) is 1.58. The van der Waals surface area contributed by atoms with Crippen molar-refractivity contribution in [2.45, 2.75) is 26.0 Å². The number of sulfone groups is 1. The van der Waals surface area contributed by atoms with Crippen molar-refractivity contribution in [1.29, 1.82) is 0 Å². The second-order valence-electron chi connectivity index (χ2n) is 3.36. The van der Waals surface area contributed by atoms with Gasteiger partial charge >= 0.3 is 6.09 Å². The zero-order valence-electron chi connectivity index (χ0n) is 8.06. The fourth-order valence-electron chi connectivity index (χ4n) is 1.07. The van der Waals surface area contributed by atoms with Crippen molar-refractivity contribution in [2.75, 3.05) is 5.75 Å². The Hall–Kier alpha value is -1.04. The highest BCUT2D eigenvalue weighted by molar-refractivity contribution is 7.94. The van der Waals surface area contributed by atoms with Crippen LogP contribution in [0.4, 0.5) is 4.79 Å². The van der Waals surface area contributed by atoms with Crippen LogP contribution >= 0.6 is 0 Å². The topological polar surface area (TPSA) is 72.5 Å². The van der Waals surface area contributed by atoms with Gasteiger partial charge in [-0.3, -0.25) is 0 Å². The van der Waals surface area contributed by atoms with E-state index < -0.39 is 22.0 Å². The molecule has 6 heteroatoms. The predicted octanol–water partition coefficient (Wildman–Crippen LogP) is 0.432. The molecule has 0 fully saturated rings. The first-order valence-electron chi connectivity index (χ1n) is 4.27. The maximum Gasteiger partial charge on any atom is 0.407 e. The van der Waals surface area contributed by atoms with Gasteiger partial charge in [0.2, 0.25) is 0 Å². The molecule has 1 rings (SSSR count). The number of amides is 1. The standard InChI is InChI=1S/C8H13NO4S/c1-6(2)13-8(10)9-7-3-4-14(11,12)5-7/h3-4,6-7H,5H2,1-2H3,(H,9,10)/t7-/m0/s1. The van der Waals surface area contributed by atoms with E-state index in [-0.39, 0.29) is 11.9 Å². The first-order valence-corrected chi connectivity index (χ1v) is 5.99. The average Bonchev–Trinajstić information content (AvgIpc) is 2.27. The van der Waals surface area contributed by atoms with Gasteiger partial charge in [-0.15, -0.1) is 0 Å². The van der Waals surface area contributed by atoms with Crippen LogP contribution in [0.25, 0.3) is 0 Å². The van der Waals surface area contributed by atoms with Crippen molar-refractivity contribution in [3.63, 3.8) is 0 Å². The van der Waals surface area contributed by atoms with Crippen molar-refractivity contribution in [3.8, 4) is 0 Å². The van der Waals surface area contributed by atoms with Gasteiger partial charge in [0.05, 0.1) is 17.9 Å². The van der Waals surface area contributed by atoms with Crippen LogP contribution in [0.2, 0.25) is 0 Å². The van der Waals surface area contributed by atoms with Gasteiger partial charge in [0.25, 0.3) is 0 Å². The molecule has 0 aromatic heterocycles. The highest BCUT2D eigenvalue weighted by Gasteiger charge is 2.23. The van der Waals surface area contributed by atoms with Gasteiger partial charge in [-0.1, -0.05) is 0 Å². The summed E-state index contributed by atoms with van der Waals surface area (Å²) in [6.07, 6.45) is 0.639. The number of rotatable bonds is 2. The first-order chi connectivity index (χ1) is 6.39. The van der Waals surface area contributed by atoms with Gasteiger partial charge in [-0.25, -0.2) is 13.2 Å². The van der Waals surface area contributed by atoms with Crippen molar-refractivity contribution in [2.24, 2.45) is 0 Å². The van der Waals surface area contributed by atoms with E-state index in [4.69, 9.17) is 4.74 Å².